The maximum Gasteiger partial charge on any atom is 0.0502 e. The number of hydrogen-bond acceptors (Lipinski definition) is 3. The number of hydrogen-bond donors (Lipinski definition) is 1. The molecule has 20 heavy (non-hydrogen) atoms. The molecule has 0 amide bonds. The Hall–Kier alpha value is -0.900. The van der Waals surface area contributed by atoms with Gasteiger partial charge in [-0.25, -0.2) is 0 Å². The number of benzene rings is 1. The van der Waals surface area contributed by atoms with E-state index < -0.39 is 0 Å². The number of rotatable bonds is 5. The molecule has 0 spiro atoms. The molecule has 2 rings (SSSR count). The molecule has 1 fully saturated rings. The molecule has 112 valence electrons. The SMILES string of the molecule is COCC1CCCN(C(c2ccc(C)cc2)C(C)N)C1. The van der Waals surface area contributed by atoms with Gasteiger partial charge >= 0.3 is 0 Å². The summed E-state index contributed by atoms with van der Waals surface area (Å²) in [7, 11) is 1.79. The molecule has 2 N–H and O–H groups in total. The van der Waals surface area contributed by atoms with Crippen molar-refractivity contribution in [2.75, 3.05) is 26.8 Å². The largest absolute Gasteiger partial charge is 0.384 e. The zero-order valence-corrected chi connectivity index (χ0v) is 13.0. The summed E-state index contributed by atoms with van der Waals surface area (Å²) in [5.41, 5.74) is 8.92. The summed E-state index contributed by atoms with van der Waals surface area (Å²) >= 11 is 0. The van der Waals surface area contributed by atoms with Crippen LogP contribution in [-0.4, -0.2) is 37.7 Å². The van der Waals surface area contributed by atoms with Gasteiger partial charge in [-0.1, -0.05) is 29.8 Å². The van der Waals surface area contributed by atoms with E-state index in [-0.39, 0.29) is 6.04 Å². The van der Waals surface area contributed by atoms with Gasteiger partial charge in [0.25, 0.3) is 0 Å². The molecule has 3 heteroatoms. The molecule has 3 atom stereocenters. The van der Waals surface area contributed by atoms with Crippen molar-refractivity contribution in [1.82, 2.24) is 4.90 Å². The molecular formula is C17H28N2O. The van der Waals surface area contributed by atoms with Crippen molar-refractivity contribution in [1.29, 1.82) is 0 Å². The highest BCUT2D eigenvalue weighted by atomic mass is 16.5. The Labute approximate surface area is 123 Å². The van der Waals surface area contributed by atoms with E-state index >= 15 is 0 Å². The second-order valence-electron chi connectivity index (χ2n) is 6.17. The van der Waals surface area contributed by atoms with Crippen LogP contribution in [0.25, 0.3) is 0 Å². The lowest BCUT2D eigenvalue weighted by Crippen LogP contribution is -2.45. The second-order valence-corrected chi connectivity index (χ2v) is 6.17. The van der Waals surface area contributed by atoms with Crippen molar-refractivity contribution in [3.63, 3.8) is 0 Å². The first-order valence-electron chi connectivity index (χ1n) is 7.67. The third kappa shape index (κ3) is 3.81. The Balaban J connectivity index is 2.13. The van der Waals surface area contributed by atoms with E-state index in [9.17, 15) is 0 Å². The van der Waals surface area contributed by atoms with Crippen molar-refractivity contribution in [2.24, 2.45) is 11.7 Å². The molecule has 0 aromatic heterocycles. The predicted molar refractivity (Wildman–Crippen MR) is 83.7 cm³/mol. The number of aryl methyl sites for hydroxylation is 1. The predicted octanol–water partition coefficient (Wildman–Crippen LogP) is 2.74. The van der Waals surface area contributed by atoms with E-state index in [1.165, 1.54) is 24.0 Å². The molecule has 1 aliphatic rings. The highest BCUT2D eigenvalue weighted by Gasteiger charge is 2.29. The van der Waals surface area contributed by atoms with E-state index in [2.05, 4.69) is 43.0 Å². The lowest BCUT2D eigenvalue weighted by molar-refractivity contribution is 0.0618. The van der Waals surface area contributed by atoms with Gasteiger partial charge in [-0.15, -0.1) is 0 Å². The molecular weight excluding hydrogens is 248 g/mol. The van der Waals surface area contributed by atoms with Crippen molar-refractivity contribution < 1.29 is 4.74 Å². The van der Waals surface area contributed by atoms with E-state index in [1.807, 2.05) is 0 Å². The molecule has 0 bridgehead atoms. The second kappa shape index (κ2) is 7.21. The summed E-state index contributed by atoms with van der Waals surface area (Å²) in [5, 5.41) is 0. The number of methoxy groups -OCH3 is 1. The van der Waals surface area contributed by atoms with Crippen molar-refractivity contribution in [3.8, 4) is 0 Å². The molecule has 0 saturated carbocycles. The van der Waals surface area contributed by atoms with E-state index in [1.54, 1.807) is 7.11 Å². The van der Waals surface area contributed by atoms with Crippen LogP contribution in [0.1, 0.15) is 36.9 Å². The monoisotopic (exact) mass is 276 g/mol. The highest BCUT2D eigenvalue weighted by molar-refractivity contribution is 5.25. The number of nitrogens with two attached hydrogens (primary N) is 1. The number of likely N-dealkylation sites (tertiary alicyclic amines) is 1. The van der Waals surface area contributed by atoms with Crippen LogP contribution in [0, 0.1) is 12.8 Å². The van der Waals surface area contributed by atoms with Crippen molar-refractivity contribution in [2.45, 2.75) is 38.8 Å². The van der Waals surface area contributed by atoms with Crippen LogP contribution in [-0.2, 0) is 4.74 Å². The average molecular weight is 276 g/mol. The molecule has 1 aromatic carbocycles. The van der Waals surface area contributed by atoms with Gasteiger partial charge in [0.1, 0.15) is 0 Å². The van der Waals surface area contributed by atoms with Crippen LogP contribution < -0.4 is 5.73 Å². The maximum atomic E-state index is 6.28. The quantitative estimate of drug-likeness (QED) is 0.898. The van der Waals surface area contributed by atoms with Gasteiger partial charge in [0.05, 0.1) is 6.61 Å². The fourth-order valence-electron chi connectivity index (χ4n) is 3.33. The molecule has 1 aliphatic heterocycles. The van der Waals surface area contributed by atoms with Crippen LogP contribution in [0.5, 0.6) is 0 Å². The fourth-order valence-corrected chi connectivity index (χ4v) is 3.33. The van der Waals surface area contributed by atoms with Crippen molar-refractivity contribution in [3.05, 3.63) is 35.4 Å². The first kappa shape index (κ1) is 15.5. The van der Waals surface area contributed by atoms with Gasteiger partial charge in [-0.05, 0) is 44.7 Å². The topological polar surface area (TPSA) is 38.5 Å². The Morgan fingerprint density at radius 2 is 2.05 bits per heavy atom. The maximum absolute atomic E-state index is 6.28. The molecule has 0 radical (unpaired) electrons. The van der Waals surface area contributed by atoms with Gasteiger partial charge in [0.2, 0.25) is 0 Å². The molecule has 1 heterocycles. The van der Waals surface area contributed by atoms with Crippen LogP contribution in [0.15, 0.2) is 24.3 Å². The van der Waals surface area contributed by atoms with Gasteiger partial charge < -0.3 is 10.5 Å². The number of piperidine rings is 1. The van der Waals surface area contributed by atoms with Gasteiger partial charge in [-0.2, -0.15) is 0 Å². The summed E-state index contributed by atoms with van der Waals surface area (Å²) in [5.74, 6) is 0.639. The number of ether oxygens (including phenoxy) is 1. The first-order chi connectivity index (χ1) is 9.61. The summed E-state index contributed by atoms with van der Waals surface area (Å²) in [4.78, 5) is 2.54. The number of nitrogens with zero attached hydrogens (tertiary/aromatic N) is 1. The van der Waals surface area contributed by atoms with Gasteiger partial charge in [0, 0.05) is 25.7 Å². The zero-order valence-electron chi connectivity index (χ0n) is 13.0. The van der Waals surface area contributed by atoms with E-state index in [0.29, 0.717) is 12.0 Å². The lowest BCUT2D eigenvalue weighted by Gasteiger charge is -2.40. The summed E-state index contributed by atoms with van der Waals surface area (Å²) < 4.78 is 5.33. The average Bonchev–Trinajstić information content (AvgIpc) is 2.42. The summed E-state index contributed by atoms with van der Waals surface area (Å²) in [6, 6.07) is 9.27. The Kier molecular flexibility index (Phi) is 5.58. The first-order valence-corrected chi connectivity index (χ1v) is 7.67. The van der Waals surface area contributed by atoms with Crippen LogP contribution >= 0.6 is 0 Å². The smallest absolute Gasteiger partial charge is 0.0502 e. The Bertz CT molecular complexity index is 400. The lowest BCUT2D eigenvalue weighted by atomic mass is 9.92. The van der Waals surface area contributed by atoms with Crippen molar-refractivity contribution >= 4 is 0 Å². The third-order valence-electron chi connectivity index (χ3n) is 4.26. The van der Waals surface area contributed by atoms with Crippen LogP contribution in [0.2, 0.25) is 0 Å². The zero-order chi connectivity index (χ0) is 14.5. The minimum atomic E-state index is 0.138. The molecule has 1 saturated heterocycles. The summed E-state index contributed by atoms with van der Waals surface area (Å²) in [6.45, 7) is 7.33. The Morgan fingerprint density at radius 1 is 1.35 bits per heavy atom. The highest BCUT2D eigenvalue weighted by Crippen LogP contribution is 2.29. The Morgan fingerprint density at radius 3 is 2.65 bits per heavy atom. The van der Waals surface area contributed by atoms with Gasteiger partial charge in [-0.3, -0.25) is 4.90 Å². The minimum absolute atomic E-state index is 0.138. The molecule has 3 unspecified atom stereocenters. The fraction of sp³-hybridized carbons (Fsp3) is 0.647. The molecule has 0 aliphatic carbocycles. The summed E-state index contributed by atoms with van der Waals surface area (Å²) in [6.07, 6.45) is 2.51. The van der Waals surface area contributed by atoms with Crippen LogP contribution in [0.3, 0.4) is 0 Å². The van der Waals surface area contributed by atoms with E-state index in [0.717, 1.165) is 19.7 Å². The van der Waals surface area contributed by atoms with Crippen LogP contribution in [0.4, 0.5) is 0 Å². The molecule has 3 nitrogen and oxygen atoms in total. The third-order valence-corrected chi connectivity index (χ3v) is 4.26. The normalized spacial score (nSPS) is 23.5. The standard InChI is InChI=1S/C17H28N2O/c1-13-6-8-16(9-7-13)17(14(2)18)19-10-4-5-15(11-19)12-20-3/h6-9,14-15,17H,4-5,10-12,18H2,1-3H3. The molecule has 1 aromatic rings. The minimum Gasteiger partial charge on any atom is -0.384 e. The van der Waals surface area contributed by atoms with E-state index in [4.69, 9.17) is 10.5 Å². The van der Waals surface area contributed by atoms with Gasteiger partial charge in [0.15, 0.2) is 0 Å².